The molecular weight excluding hydrogens is 282 g/mol. The van der Waals surface area contributed by atoms with Gasteiger partial charge in [-0.15, -0.1) is 11.3 Å². The highest BCUT2D eigenvalue weighted by Crippen LogP contribution is 2.31. The molecule has 1 fully saturated rings. The summed E-state index contributed by atoms with van der Waals surface area (Å²) in [7, 11) is 1.74. The van der Waals surface area contributed by atoms with Gasteiger partial charge in [-0.25, -0.2) is 4.98 Å². The summed E-state index contributed by atoms with van der Waals surface area (Å²) in [5.41, 5.74) is 4.34. The Labute approximate surface area is 129 Å². The molecule has 5 heteroatoms. The number of rotatable bonds is 4. The summed E-state index contributed by atoms with van der Waals surface area (Å²) in [6.45, 7) is 6.08. The average Bonchev–Trinajstić information content (AvgIpc) is 2.93. The van der Waals surface area contributed by atoms with Gasteiger partial charge in [0.2, 0.25) is 0 Å². The molecule has 112 valence electrons. The van der Waals surface area contributed by atoms with Crippen molar-refractivity contribution in [1.82, 2.24) is 15.2 Å². The van der Waals surface area contributed by atoms with Gasteiger partial charge in [0.05, 0.1) is 24.4 Å². The Bertz CT molecular complexity index is 599. The Morgan fingerprint density at radius 2 is 2.29 bits per heavy atom. The van der Waals surface area contributed by atoms with E-state index in [4.69, 9.17) is 4.74 Å². The largest absolute Gasteiger partial charge is 0.496 e. The van der Waals surface area contributed by atoms with Crippen LogP contribution in [0.4, 0.5) is 0 Å². The lowest BCUT2D eigenvalue weighted by molar-refractivity contribution is 0.152. The van der Waals surface area contributed by atoms with E-state index in [0.29, 0.717) is 6.04 Å². The number of hydrogen-bond acceptors (Lipinski definition) is 5. The number of hydrogen-bond donors (Lipinski definition) is 1. The number of aromatic nitrogens is 1. The minimum atomic E-state index is 0.344. The standard InChI is InChI=1S/C16H21N3OS/c1-12-16(21-11-18-12)10-19-8-7-17-9-14(19)13-5-3-4-6-15(13)20-2/h3-6,11,14,17H,7-10H2,1-2H3. The molecule has 1 saturated heterocycles. The van der Waals surface area contributed by atoms with Gasteiger partial charge in [-0.05, 0) is 13.0 Å². The van der Waals surface area contributed by atoms with Crippen LogP contribution < -0.4 is 10.1 Å². The zero-order valence-electron chi connectivity index (χ0n) is 12.5. The molecule has 2 aromatic rings. The summed E-state index contributed by atoms with van der Waals surface area (Å²) in [5, 5.41) is 3.50. The predicted molar refractivity (Wildman–Crippen MR) is 85.9 cm³/mol. The third-order valence-corrected chi connectivity index (χ3v) is 4.96. The minimum absolute atomic E-state index is 0.344. The lowest BCUT2D eigenvalue weighted by Crippen LogP contribution is -2.45. The number of para-hydroxylation sites is 1. The highest BCUT2D eigenvalue weighted by Gasteiger charge is 2.26. The number of thiazole rings is 1. The van der Waals surface area contributed by atoms with Gasteiger partial charge >= 0.3 is 0 Å². The van der Waals surface area contributed by atoms with Crippen LogP contribution in [0, 0.1) is 6.92 Å². The second-order valence-corrected chi connectivity index (χ2v) is 6.23. The maximum Gasteiger partial charge on any atom is 0.123 e. The van der Waals surface area contributed by atoms with Gasteiger partial charge in [-0.1, -0.05) is 18.2 Å². The van der Waals surface area contributed by atoms with E-state index >= 15 is 0 Å². The van der Waals surface area contributed by atoms with Crippen molar-refractivity contribution in [2.45, 2.75) is 19.5 Å². The van der Waals surface area contributed by atoms with Crippen LogP contribution in [-0.4, -0.2) is 36.6 Å². The van der Waals surface area contributed by atoms with Gasteiger partial charge in [-0.3, -0.25) is 4.90 Å². The molecule has 0 saturated carbocycles. The Morgan fingerprint density at radius 3 is 3.05 bits per heavy atom. The van der Waals surface area contributed by atoms with E-state index in [-0.39, 0.29) is 0 Å². The van der Waals surface area contributed by atoms with E-state index in [1.165, 1.54) is 10.4 Å². The molecule has 0 amide bonds. The van der Waals surface area contributed by atoms with Crippen molar-refractivity contribution in [3.05, 3.63) is 45.9 Å². The highest BCUT2D eigenvalue weighted by atomic mass is 32.1. The van der Waals surface area contributed by atoms with E-state index in [1.54, 1.807) is 18.4 Å². The SMILES string of the molecule is COc1ccccc1C1CNCCN1Cc1scnc1C. The zero-order chi connectivity index (χ0) is 14.7. The summed E-state index contributed by atoms with van der Waals surface area (Å²) >= 11 is 1.75. The van der Waals surface area contributed by atoms with Crippen LogP contribution in [0.15, 0.2) is 29.8 Å². The van der Waals surface area contributed by atoms with Crippen LogP contribution in [-0.2, 0) is 6.54 Å². The summed E-state index contributed by atoms with van der Waals surface area (Å²) < 4.78 is 5.54. The van der Waals surface area contributed by atoms with Crippen LogP contribution in [0.2, 0.25) is 0 Å². The molecule has 0 aliphatic carbocycles. The van der Waals surface area contributed by atoms with Crippen LogP contribution in [0.1, 0.15) is 22.2 Å². The molecule has 0 radical (unpaired) electrons. The van der Waals surface area contributed by atoms with E-state index in [1.807, 2.05) is 17.6 Å². The molecule has 0 bridgehead atoms. The minimum Gasteiger partial charge on any atom is -0.496 e. The van der Waals surface area contributed by atoms with E-state index in [2.05, 4.69) is 34.3 Å². The Hall–Kier alpha value is -1.43. The first-order chi connectivity index (χ1) is 10.3. The zero-order valence-corrected chi connectivity index (χ0v) is 13.3. The van der Waals surface area contributed by atoms with Gasteiger partial charge < -0.3 is 10.1 Å². The number of aryl methyl sites for hydroxylation is 1. The maximum atomic E-state index is 5.54. The lowest BCUT2D eigenvalue weighted by Gasteiger charge is -2.36. The van der Waals surface area contributed by atoms with Crippen molar-refractivity contribution in [3.63, 3.8) is 0 Å². The van der Waals surface area contributed by atoms with Crippen LogP contribution in [0.3, 0.4) is 0 Å². The van der Waals surface area contributed by atoms with Gasteiger partial charge in [0, 0.05) is 36.6 Å². The monoisotopic (exact) mass is 303 g/mol. The lowest BCUT2D eigenvalue weighted by atomic mass is 10.0. The predicted octanol–water partition coefficient (Wildman–Crippen LogP) is 2.61. The van der Waals surface area contributed by atoms with Crippen molar-refractivity contribution in [3.8, 4) is 5.75 Å². The summed E-state index contributed by atoms with van der Waals surface area (Å²) in [4.78, 5) is 8.25. The topological polar surface area (TPSA) is 37.4 Å². The molecule has 4 nitrogen and oxygen atoms in total. The van der Waals surface area contributed by atoms with Crippen LogP contribution in [0.5, 0.6) is 5.75 Å². The summed E-state index contributed by atoms with van der Waals surface area (Å²) in [6.07, 6.45) is 0. The van der Waals surface area contributed by atoms with Crippen molar-refractivity contribution in [1.29, 1.82) is 0 Å². The fourth-order valence-corrected chi connectivity index (χ4v) is 3.65. The van der Waals surface area contributed by atoms with E-state index < -0.39 is 0 Å². The molecule has 3 rings (SSSR count). The second kappa shape index (κ2) is 6.56. The molecule has 1 N–H and O–H groups in total. The number of nitrogens with one attached hydrogen (secondary N) is 1. The molecule has 0 spiro atoms. The molecule has 1 aliphatic heterocycles. The first-order valence-corrected chi connectivity index (χ1v) is 8.14. The number of ether oxygens (including phenoxy) is 1. The fourth-order valence-electron chi connectivity index (χ4n) is 2.85. The second-order valence-electron chi connectivity index (χ2n) is 5.29. The Morgan fingerprint density at radius 1 is 1.43 bits per heavy atom. The van der Waals surface area contributed by atoms with Crippen molar-refractivity contribution >= 4 is 11.3 Å². The molecule has 2 heterocycles. The van der Waals surface area contributed by atoms with Crippen molar-refractivity contribution in [2.24, 2.45) is 0 Å². The smallest absolute Gasteiger partial charge is 0.123 e. The normalized spacial score (nSPS) is 19.6. The first-order valence-electron chi connectivity index (χ1n) is 7.26. The van der Waals surface area contributed by atoms with Gasteiger partial charge in [0.25, 0.3) is 0 Å². The molecule has 1 aromatic heterocycles. The highest BCUT2D eigenvalue weighted by molar-refractivity contribution is 7.09. The van der Waals surface area contributed by atoms with Gasteiger partial charge in [-0.2, -0.15) is 0 Å². The number of piperazine rings is 1. The van der Waals surface area contributed by atoms with E-state index in [9.17, 15) is 0 Å². The van der Waals surface area contributed by atoms with Gasteiger partial charge in [0.1, 0.15) is 5.75 Å². The fraction of sp³-hybridized carbons (Fsp3) is 0.438. The number of nitrogens with zero attached hydrogens (tertiary/aromatic N) is 2. The molecule has 1 aliphatic rings. The summed E-state index contributed by atoms with van der Waals surface area (Å²) in [5.74, 6) is 0.970. The molecule has 1 atom stereocenters. The molecular formula is C16H21N3OS. The average molecular weight is 303 g/mol. The third kappa shape index (κ3) is 3.10. The number of benzene rings is 1. The Kier molecular flexibility index (Phi) is 4.53. The van der Waals surface area contributed by atoms with Crippen molar-refractivity contribution < 1.29 is 4.74 Å². The van der Waals surface area contributed by atoms with Crippen LogP contribution in [0.25, 0.3) is 0 Å². The van der Waals surface area contributed by atoms with E-state index in [0.717, 1.165) is 37.6 Å². The van der Waals surface area contributed by atoms with Crippen molar-refractivity contribution in [2.75, 3.05) is 26.7 Å². The Balaban J connectivity index is 1.86. The van der Waals surface area contributed by atoms with Crippen LogP contribution >= 0.6 is 11.3 Å². The molecule has 1 aromatic carbocycles. The molecule has 1 unspecified atom stereocenters. The van der Waals surface area contributed by atoms with Gasteiger partial charge in [0.15, 0.2) is 0 Å². The quantitative estimate of drug-likeness (QED) is 0.942. The number of methoxy groups -OCH3 is 1. The first kappa shape index (κ1) is 14.5. The molecule has 21 heavy (non-hydrogen) atoms. The third-order valence-electron chi connectivity index (χ3n) is 4.04. The maximum absolute atomic E-state index is 5.54. The summed E-state index contributed by atoms with van der Waals surface area (Å²) in [6, 6.07) is 8.67.